The maximum absolute atomic E-state index is 12.5. The Balaban J connectivity index is 1.62. The van der Waals surface area contributed by atoms with Gasteiger partial charge in [0.1, 0.15) is 6.54 Å². The summed E-state index contributed by atoms with van der Waals surface area (Å²) in [7, 11) is 0. The van der Waals surface area contributed by atoms with Crippen molar-refractivity contribution in [3.8, 4) is 0 Å². The monoisotopic (exact) mass is 394 g/mol. The van der Waals surface area contributed by atoms with Crippen LogP contribution in [-0.4, -0.2) is 37.4 Å². The minimum atomic E-state index is -0.278. The number of nitrogens with one attached hydrogen (secondary N) is 2. The molecule has 1 aliphatic heterocycles. The van der Waals surface area contributed by atoms with Crippen LogP contribution in [0.4, 0.5) is 22.7 Å². The van der Waals surface area contributed by atoms with Gasteiger partial charge in [-0.25, -0.2) is 0 Å². The van der Waals surface area contributed by atoms with Gasteiger partial charge >= 0.3 is 0 Å². The Hall–Kier alpha value is -3.35. The van der Waals surface area contributed by atoms with Gasteiger partial charge in [-0.3, -0.25) is 14.4 Å². The first kappa shape index (κ1) is 20.4. The molecular formula is C22H26N4O3. The van der Waals surface area contributed by atoms with Crippen LogP contribution in [0.1, 0.15) is 26.7 Å². The molecule has 0 unspecified atom stereocenters. The van der Waals surface area contributed by atoms with Crippen molar-refractivity contribution in [2.75, 3.05) is 40.1 Å². The zero-order valence-corrected chi connectivity index (χ0v) is 16.8. The van der Waals surface area contributed by atoms with Gasteiger partial charge in [0.2, 0.25) is 17.7 Å². The van der Waals surface area contributed by atoms with E-state index >= 15 is 0 Å². The highest BCUT2D eigenvalue weighted by molar-refractivity contribution is 6.02. The molecule has 0 aromatic heterocycles. The van der Waals surface area contributed by atoms with Crippen LogP contribution in [0.2, 0.25) is 0 Å². The third kappa shape index (κ3) is 5.57. The maximum Gasteiger partial charge on any atom is 0.244 e. The van der Waals surface area contributed by atoms with Crippen LogP contribution in [0.3, 0.4) is 0 Å². The minimum Gasteiger partial charge on any atom is -0.372 e. The third-order valence-corrected chi connectivity index (χ3v) is 4.80. The summed E-state index contributed by atoms with van der Waals surface area (Å²) in [4.78, 5) is 39.4. The van der Waals surface area contributed by atoms with Gasteiger partial charge in [0, 0.05) is 49.7 Å². The fraction of sp³-hybridized carbons (Fsp3) is 0.318. The summed E-state index contributed by atoms with van der Waals surface area (Å²) in [6.07, 6.45) is 2.43. The number of rotatable bonds is 6. The molecule has 3 rings (SSSR count). The van der Waals surface area contributed by atoms with Crippen LogP contribution in [0.25, 0.3) is 0 Å². The predicted octanol–water partition coefficient (Wildman–Crippen LogP) is 3.24. The molecule has 152 valence electrons. The van der Waals surface area contributed by atoms with E-state index in [0.717, 1.165) is 18.8 Å². The molecule has 29 heavy (non-hydrogen) atoms. The van der Waals surface area contributed by atoms with Crippen molar-refractivity contribution in [2.45, 2.75) is 26.7 Å². The molecule has 1 saturated heterocycles. The normalized spacial score (nSPS) is 13.1. The molecule has 1 aliphatic rings. The van der Waals surface area contributed by atoms with Crippen molar-refractivity contribution in [2.24, 2.45) is 0 Å². The van der Waals surface area contributed by atoms with E-state index < -0.39 is 0 Å². The molecule has 2 aromatic rings. The molecule has 0 atom stereocenters. The molecule has 0 saturated carbocycles. The van der Waals surface area contributed by atoms with Gasteiger partial charge in [0.05, 0.1) is 0 Å². The molecule has 2 N–H and O–H groups in total. The molecule has 0 bridgehead atoms. The van der Waals surface area contributed by atoms with E-state index in [-0.39, 0.29) is 24.3 Å². The largest absolute Gasteiger partial charge is 0.372 e. The fourth-order valence-corrected chi connectivity index (χ4v) is 3.39. The highest BCUT2D eigenvalue weighted by Gasteiger charge is 2.17. The van der Waals surface area contributed by atoms with Crippen LogP contribution in [0.15, 0.2) is 48.5 Å². The summed E-state index contributed by atoms with van der Waals surface area (Å²) in [5.74, 6) is -0.687. The van der Waals surface area contributed by atoms with E-state index in [1.807, 2.05) is 24.3 Å². The second-order valence-corrected chi connectivity index (χ2v) is 7.12. The smallest absolute Gasteiger partial charge is 0.244 e. The Kier molecular flexibility index (Phi) is 6.49. The number of hydrogen-bond acceptors (Lipinski definition) is 4. The van der Waals surface area contributed by atoms with Crippen LogP contribution in [0.5, 0.6) is 0 Å². The van der Waals surface area contributed by atoms with E-state index in [1.54, 1.807) is 24.3 Å². The van der Waals surface area contributed by atoms with E-state index in [4.69, 9.17) is 0 Å². The second-order valence-electron chi connectivity index (χ2n) is 7.12. The quantitative estimate of drug-likeness (QED) is 0.788. The zero-order valence-electron chi connectivity index (χ0n) is 16.8. The van der Waals surface area contributed by atoms with Crippen molar-refractivity contribution < 1.29 is 14.4 Å². The van der Waals surface area contributed by atoms with E-state index in [0.29, 0.717) is 17.1 Å². The summed E-state index contributed by atoms with van der Waals surface area (Å²) in [5.41, 5.74) is 3.08. The van der Waals surface area contributed by atoms with E-state index in [2.05, 4.69) is 15.5 Å². The number of benzene rings is 2. The van der Waals surface area contributed by atoms with Gasteiger partial charge in [-0.05, 0) is 61.4 Å². The minimum absolute atomic E-state index is 0.0946. The van der Waals surface area contributed by atoms with Gasteiger partial charge in [-0.1, -0.05) is 0 Å². The van der Waals surface area contributed by atoms with Gasteiger partial charge < -0.3 is 20.4 Å². The van der Waals surface area contributed by atoms with Crippen molar-refractivity contribution in [1.29, 1.82) is 0 Å². The summed E-state index contributed by atoms with van der Waals surface area (Å²) in [5, 5.41) is 5.52. The van der Waals surface area contributed by atoms with Crippen LogP contribution in [-0.2, 0) is 14.4 Å². The highest BCUT2D eigenvalue weighted by Crippen LogP contribution is 2.22. The molecular weight excluding hydrogens is 368 g/mol. The van der Waals surface area contributed by atoms with Gasteiger partial charge in [-0.2, -0.15) is 0 Å². The van der Waals surface area contributed by atoms with Crippen LogP contribution >= 0.6 is 0 Å². The third-order valence-electron chi connectivity index (χ3n) is 4.80. The molecule has 7 heteroatoms. The van der Waals surface area contributed by atoms with Gasteiger partial charge in [0.15, 0.2) is 0 Å². The van der Waals surface area contributed by atoms with Crippen molar-refractivity contribution in [1.82, 2.24) is 0 Å². The zero-order chi connectivity index (χ0) is 20.8. The molecule has 3 amide bonds. The fourth-order valence-electron chi connectivity index (χ4n) is 3.39. The number of anilines is 4. The SMILES string of the molecule is CC(=O)Nc1ccc(N(CC(=O)Nc2ccc(N3CCCC3)cc2)C(C)=O)cc1. The first-order valence-corrected chi connectivity index (χ1v) is 9.73. The Morgan fingerprint density at radius 2 is 1.41 bits per heavy atom. The average molecular weight is 394 g/mol. The van der Waals surface area contributed by atoms with E-state index in [1.165, 1.54) is 31.6 Å². The topological polar surface area (TPSA) is 81.8 Å². The number of nitrogens with zero attached hydrogens (tertiary/aromatic N) is 2. The lowest BCUT2D eigenvalue weighted by Crippen LogP contribution is -2.36. The number of amides is 3. The summed E-state index contributed by atoms with van der Waals surface area (Å²) < 4.78 is 0. The Labute approximate surface area is 170 Å². The molecule has 7 nitrogen and oxygen atoms in total. The summed E-state index contributed by atoms with van der Waals surface area (Å²) >= 11 is 0. The Morgan fingerprint density at radius 3 is 1.97 bits per heavy atom. The molecule has 1 fully saturated rings. The lowest BCUT2D eigenvalue weighted by molar-refractivity contribution is -0.120. The standard InChI is InChI=1S/C22H26N4O3/c1-16(27)23-18-7-11-21(12-8-18)26(17(2)28)15-22(29)24-19-5-9-20(10-6-19)25-13-3-4-14-25/h5-12H,3-4,13-15H2,1-2H3,(H,23,27)(H,24,29). The lowest BCUT2D eigenvalue weighted by Gasteiger charge is -2.21. The Morgan fingerprint density at radius 1 is 0.862 bits per heavy atom. The van der Waals surface area contributed by atoms with E-state index in [9.17, 15) is 14.4 Å². The van der Waals surface area contributed by atoms with Crippen molar-refractivity contribution in [3.63, 3.8) is 0 Å². The average Bonchev–Trinajstić information content (AvgIpc) is 3.22. The molecule has 2 aromatic carbocycles. The van der Waals surface area contributed by atoms with Crippen molar-refractivity contribution >= 4 is 40.5 Å². The summed E-state index contributed by atoms with van der Waals surface area (Å²) in [6, 6.07) is 14.6. The number of carbonyl (C=O) groups excluding carboxylic acids is 3. The number of carbonyl (C=O) groups is 3. The summed E-state index contributed by atoms with van der Waals surface area (Å²) in [6.45, 7) is 4.89. The van der Waals surface area contributed by atoms with Gasteiger partial charge in [-0.15, -0.1) is 0 Å². The van der Waals surface area contributed by atoms with Crippen LogP contribution in [0, 0.1) is 0 Å². The maximum atomic E-state index is 12.5. The van der Waals surface area contributed by atoms with Crippen molar-refractivity contribution in [3.05, 3.63) is 48.5 Å². The first-order chi connectivity index (χ1) is 13.9. The second kappa shape index (κ2) is 9.23. The highest BCUT2D eigenvalue weighted by atomic mass is 16.2. The predicted molar refractivity (Wildman–Crippen MR) is 115 cm³/mol. The Bertz CT molecular complexity index is 872. The molecule has 1 heterocycles. The van der Waals surface area contributed by atoms with Gasteiger partial charge in [0.25, 0.3) is 0 Å². The molecule has 0 aliphatic carbocycles. The van der Waals surface area contributed by atoms with Crippen LogP contribution < -0.4 is 20.4 Å². The number of hydrogen-bond donors (Lipinski definition) is 2. The lowest BCUT2D eigenvalue weighted by atomic mass is 10.2. The molecule has 0 radical (unpaired) electrons. The molecule has 0 spiro atoms. The first-order valence-electron chi connectivity index (χ1n) is 9.73.